The van der Waals surface area contributed by atoms with Gasteiger partial charge in [-0.05, 0) is 19.3 Å². The molecule has 0 spiro atoms. The number of Topliss-reactive ketones (excluding diaryl/α,β-unsaturated/α-hetero) is 1. The number of amides is 3. The van der Waals surface area contributed by atoms with E-state index in [4.69, 9.17) is 24.1 Å². The van der Waals surface area contributed by atoms with Crippen molar-refractivity contribution in [3.63, 3.8) is 0 Å². The van der Waals surface area contributed by atoms with Crippen LogP contribution in [0.5, 0.6) is 0 Å². The molecule has 0 aromatic heterocycles. The van der Waals surface area contributed by atoms with Crippen molar-refractivity contribution in [1.82, 2.24) is 16.0 Å². The standard InChI is InChI=1S/C37H67N3O12/c1-2-31(41)29-51-27-25-50-24-22-39-35(44)30-52-28-26-49-23-21-38-33(42)20-19-32(37(47)48)40-34(43)17-15-13-11-9-7-5-3-4-6-8-10-12-14-16-18-36(45)46/h32H,2-30H2,1H3,(H,38,42)(H,39,44)(H,40,43)(H,45,46)(H,47,48)/t32-/m0/s1. The Morgan fingerprint density at radius 1 is 0.500 bits per heavy atom. The average Bonchev–Trinajstić information content (AvgIpc) is 3.11. The maximum atomic E-state index is 12.3. The summed E-state index contributed by atoms with van der Waals surface area (Å²) in [7, 11) is 0. The number of carboxylic acids is 2. The highest BCUT2D eigenvalue weighted by atomic mass is 16.5. The highest BCUT2D eigenvalue weighted by Gasteiger charge is 2.20. The van der Waals surface area contributed by atoms with E-state index in [0.717, 1.165) is 38.5 Å². The van der Waals surface area contributed by atoms with E-state index in [1.54, 1.807) is 6.92 Å². The van der Waals surface area contributed by atoms with E-state index in [1.807, 2.05) is 0 Å². The molecule has 1 atom stereocenters. The summed E-state index contributed by atoms with van der Waals surface area (Å²) in [5.74, 6) is -2.81. The van der Waals surface area contributed by atoms with Gasteiger partial charge in [-0.2, -0.15) is 0 Å². The fraction of sp³-hybridized carbons (Fsp3) is 0.838. The Bertz CT molecular complexity index is 966. The van der Waals surface area contributed by atoms with Crippen molar-refractivity contribution < 1.29 is 57.9 Å². The summed E-state index contributed by atoms with van der Waals surface area (Å²) in [6.45, 7) is 3.84. The predicted molar refractivity (Wildman–Crippen MR) is 195 cm³/mol. The number of rotatable bonds is 39. The van der Waals surface area contributed by atoms with Crippen molar-refractivity contribution in [3.8, 4) is 0 Å². The SMILES string of the molecule is CCC(=O)COCCOCCNC(=O)COCCOCCNC(=O)CC[C@H](NC(=O)CCCCCCCCCCCCCCCCC(=O)O)C(=O)O. The van der Waals surface area contributed by atoms with Gasteiger partial charge in [0.05, 0.1) is 39.6 Å². The summed E-state index contributed by atoms with van der Waals surface area (Å²) in [5.41, 5.74) is 0. The number of ether oxygens (including phenoxy) is 4. The Morgan fingerprint density at radius 2 is 0.942 bits per heavy atom. The molecule has 15 heteroatoms. The van der Waals surface area contributed by atoms with Crippen LogP contribution in [0.4, 0.5) is 0 Å². The van der Waals surface area contributed by atoms with Crippen molar-refractivity contribution in [1.29, 1.82) is 0 Å². The van der Waals surface area contributed by atoms with Gasteiger partial charge in [-0.1, -0.05) is 84.0 Å². The molecule has 52 heavy (non-hydrogen) atoms. The molecule has 3 amide bonds. The molecule has 0 saturated carbocycles. The number of aliphatic carboxylic acids is 2. The van der Waals surface area contributed by atoms with E-state index in [9.17, 15) is 33.9 Å². The van der Waals surface area contributed by atoms with Crippen LogP contribution in [0.25, 0.3) is 0 Å². The van der Waals surface area contributed by atoms with E-state index in [1.165, 1.54) is 44.9 Å². The van der Waals surface area contributed by atoms with Crippen LogP contribution in [0.2, 0.25) is 0 Å². The fourth-order valence-electron chi connectivity index (χ4n) is 5.04. The van der Waals surface area contributed by atoms with Crippen LogP contribution in [-0.2, 0) is 47.7 Å². The fourth-order valence-corrected chi connectivity index (χ4v) is 5.04. The molecule has 15 nitrogen and oxygen atoms in total. The van der Waals surface area contributed by atoms with Gasteiger partial charge in [0.25, 0.3) is 0 Å². The summed E-state index contributed by atoms with van der Waals surface area (Å²) in [6, 6.07) is -1.13. The number of carboxylic acid groups (broad SMARTS) is 2. The molecule has 0 radical (unpaired) electrons. The molecular formula is C37H67N3O12. The predicted octanol–water partition coefficient (Wildman–Crippen LogP) is 3.94. The van der Waals surface area contributed by atoms with Gasteiger partial charge in [0, 0.05) is 38.8 Å². The molecule has 302 valence electrons. The molecule has 0 aliphatic carbocycles. The van der Waals surface area contributed by atoms with Crippen LogP contribution in [0.1, 0.15) is 129 Å². The minimum atomic E-state index is -1.18. The molecule has 0 aliphatic heterocycles. The highest BCUT2D eigenvalue weighted by Crippen LogP contribution is 2.14. The van der Waals surface area contributed by atoms with Gasteiger partial charge >= 0.3 is 11.9 Å². The third-order valence-electron chi connectivity index (χ3n) is 8.11. The van der Waals surface area contributed by atoms with Gasteiger partial charge in [0.2, 0.25) is 17.7 Å². The molecule has 0 heterocycles. The van der Waals surface area contributed by atoms with Crippen molar-refractivity contribution in [3.05, 3.63) is 0 Å². The molecule has 0 bridgehead atoms. The zero-order valence-corrected chi connectivity index (χ0v) is 31.6. The summed E-state index contributed by atoms with van der Waals surface area (Å²) in [6.07, 6.45) is 16.0. The molecule has 0 saturated heterocycles. The Hall–Kier alpha value is -3.14. The first kappa shape index (κ1) is 48.9. The van der Waals surface area contributed by atoms with Crippen LogP contribution >= 0.6 is 0 Å². The maximum Gasteiger partial charge on any atom is 0.326 e. The first-order valence-electron chi connectivity index (χ1n) is 19.3. The Labute approximate surface area is 310 Å². The number of ketones is 1. The number of carbonyl (C=O) groups is 6. The first-order chi connectivity index (χ1) is 25.1. The second kappa shape index (κ2) is 36.2. The minimum absolute atomic E-state index is 0.0157. The topological polar surface area (TPSA) is 216 Å². The second-order valence-corrected chi connectivity index (χ2v) is 12.8. The van der Waals surface area contributed by atoms with Crippen LogP contribution in [0.3, 0.4) is 0 Å². The number of hydrogen-bond acceptors (Lipinski definition) is 10. The lowest BCUT2D eigenvalue weighted by Gasteiger charge is -2.14. The van der Waals surface area contributed by atoms with Gasteiger partial charge in [0.1, 0.15) is 19.3 Å². The first-order valence-corrected chi connectivity index (χ1v) is 19.3. The Kier molecular flexibility index (Phi) is 34.0. The van der Waals surface area contributed by atoms with Crippen molar-refractivity contribution >= 4 is 35.4 Å². The van der Waals surface area contributed by atoms with E-state index in [2.05, 4.69) is 16.0 Å². The maximum absolute atomic E-state index is 12.3. The average molecular weight is 746 g/mol. The number of carbonyl (C=O) groups excluding carboxylic acids is 4. The number of unbranched alkanes of at least 4 members (excludes halogenated alkanes) is 13. The monoisotopic (exact) mass is 745 g/mol. The van der Waals surface area contributed by atoms with Gasteiger partial charge < -0.3 is 45.1 Å². The molecular weight excluding hydrogens is 678 g/mol. The van der Waals surface area contributed by atoms with Crippen molar-refractivity contribution in [2.45, 2.75) is 135 Å². The lowest BCUT2D eigenvalue weighted by Crippen LogP contribution is -2.41. The molecule has 0 fully saturated rings. The summed E-state index contributed by atoms with van der Waals surface area (Å²) < 4.78 is 21.1. The molecule has 0 aromatic rings. The molecule has 0 rings (SSSR count). The van der Waals surface area contributed by atoms with Crippen LogP contribution in [0.15, 0.2) is 0 Å². The van der Waals surface area contributed by atoms with E-state index in [0.29, 0.717) is 39.2 Å². The van der Waals surface area contributed by atoms with Gasteiger partial charge in [-0.25, -0.2) is 4.79 Å². The highest BCUT2D eigenvalue weighted by molar-refractivity contribution is 5.84. The zero-order valence-electron chi connectivity index (χ0n) is 31.6. The third-order valence-corrected chi connectivity index (χ3v) is 8.11. The van der Waals surface area contributed by atoms with Crippen molar-refractivity contribution in [2.24, 2.45) is 0 Å². The summed E-state index contributed by atoms with van der Waals surface area (Å²) in [5, 5.41) is 25.9. The van der Waals surface area contributed by atoms with E-state index >= 15 is 0 Å². The zero-order chi connectivity index (χ0) is 38.5. The molecule has 0 aromatic carbocycles. The lowest BCUT2D eigenvalue weighted by molar-refractivity contribution is -0.142. The van der Waals surface area contributed by atoms with Crippen molar-refractivity contribution in [2.75, 3.05) is 65.9 Å². The normalized spacial score (nSPS) is 11.6. The van der Waals surface area contributed by atoms with Gasteiger partial charge in [0.15, 0.2) is 5.78 Å². The largest absolute Gasteiger partial charge is 0.481 e. The Morgan fingerprint density at radius 3 is 1.42 bits per heavy atom. The third kappa shape index (κ3) is 35.3. The van der Waals surface area contributed by atoms with E-state index in [-0.39, 0.29) is 88.8 Å². The molecule has 0 unspecified atom stereocenters. The molecule has 5 N–H and O–H groups in total. The van der Waals surface area contributed by atoms with E-state index < -0.39 is 18.0 Å². The van der Waals surface area contributed by atoms with Crippen LogP contribution < -0.4 is 16.0 Å². The number of hydrogen-bond donors (Lipinski definition) is 5. The Balaban J connectivity index is 3.66. The number of nitrogens with one attached hydrogen (secondary N) is 3. The van der Waals surface area contributed by atoms with Crippen LogP contribution in [-0.4, -0.2) is 118 Å². The quantitative estimate of drug-likeness (QED) is 0.0566. The second-order valence-electron chi connectivity index (χ2n) is 12.8. The lowest BCUT2D eigenvalue weighted by atomic mass is 10.0. The summed E-state index contributed by atoms with van der Waals surface area (Å²) in [4.78, 5) is 69.4. The molecule has 0 aliphatic rings. The minimum Gasteiger partial charge on any atom is -0.481 e. The van der Waals surface area contributed by atoms with Crippen LogP contribution in [0, 0.1) is 0 Å². The van der Waals surface area contributed by atoms with Gasteiger partial charge in [-0.15, -0.1) is 0 Å². The smallest absolute Gasteiger partial charge is 0.326 e. The van der Waals surface area contributed by atoms with Gasteiger partial charge in [-0.3, -0.25) is 24.0 Å². The summed E-state index contributed by atoms with van der Waals surface area (Å²) >= 11 is 0.